The molecule has 0 aliphatic carbocycles. The van der Waals surface area contributed by atoms with Crippen LogP contribution in [-0.2, 0) is 5.75 Å². The molecular weight excluding hydrogens is 442 g/mol. The number of benzene rings is 2. The molecular formula is C23H23N5O2S2. The zero-order valence-electron chi connectivity index (χ0n) is 17.7. The first-order valence-electron chi connectivity index (χ1n) is 10.4. The number of ether oxygens (including phenoxy) is 1. The summed E-state index contributed by atoms with van der Waals surface area (Å²) in [6, 6.07) is 17.8. The van der Waals surface area contributed by atoms with Gasteiger partial charge in [-0.1, -0.05) is 30.0 Å². The van der Waals surface area contributed by atoms with E-state index in [1.165, 1.54) is 4.70 Å². The number of hydrogen-bond acceptors (Lipinski definition) is 8. The number of hydrogen-bond donors (Lipinski definition) is 1. The number of aromatic amines is 1. The third-order valence-corrected chi connectivity index (χ3v) is 7.61. The van der Waals surface area contributed by atoms with Crippen molar-refractivity contribution in [3.63, 3.8) is 0 Å². The van der Waals surface area contributed by atoms with E-state index < -0.39 is 0 Å². The highest BCUT2D eigenvalue weighted by Crippen LogP contribution is 2.31. The molecule has 2 aromatic heterocycles. The molecule has 2 aromatic carbocycles. The zero-order chi connectivity index (χ0) is 21.9. The molecule has 1 aliphatic heterocycles. The molecule has 164 valence electrons. The van der Waals surface area contributed by atoms with E-state index in [1.807, 2.05) is 30.3 Å². The van der Waals surface area contributed by atoms with Crippen LogP contribution in [0.3, 0.4) is 0 Å². The Kier molecular flexibility index (Phi) is 6.00. The van der Waals surface area contributed by atoms with E-state index in [0.717, 1.165) is 53.2 Å². The highest BCUT2D eigenvalue weighted by atomic mass is 32.2. The molecule has 0 amide bonds. The average Bonchev–Trinajstić information content (AvgIpc) is 3.26. The molecule has 1 saturated heterocycles. The summed E-state index contributed by atoms with van der Waals surface area (Å²) in [5, 5.41) is 0. The van der Waals surface area contributed by atoms with Crippen molar-refractivity contribution in [3.05, 3.63) is 70.6 Å². The molecule has 5 rings (SSSR count). The van der Waals surface area contributed by atoms with E-state index in [1.54, 1.807) is 36.3 Å². The van der Waals surface area contributed by atoms with Crippen molar-refractivity contribution >= 4 is 45.0 Å². The van der Waals surface area contributed by atoms with Crippen molar-refractivity contribution in [1.82, 2.24) is 15.0 Å². The molecule has 1 aliphatic rings. The van der Waals surface area contributed by atoms with E-state index in [0.29, 0.717) is 11.7 Å². The molecule has 4 aromatic rings. The van der Waals surface area contributed by atoms with Crippen LogP contribution in [0.1, 0.15) is 5.69 Å². The van der Waals surface area contributed by atoms with E-state index in [4.69, 9.17) is 9.72 Å². The van der Waals surface area contributed by atoms with Crippen molar-refractivity contribution in [3.8, 4) is 5.75 Å². The fraction of sp³-hybridized carbons (Fsp3) is 0.261. The topological polar surface area (TPSA) is 74.3 Å². The Morgan fingerprint density at radius 3 is 2.66 bits per heavy atom. The highest BCUT2D eigenvalue weighted by Gasteiger charge is 2.20. The van der Waals surface area contributed by atoms with Gasteiger partial charge in [-0.05, 0) is 24.3 Å². The Bertz CT molecular complexity index is 1250. The molecule has 1 fully saturated rings. The number of para-hydroxylation sites is 1. The Labute approximate surface area is 194 Å². The maximum Gasteiger partial charge on any atom is 0.252 e. The summed E-state index contributed by atoms with van der Waals surface area (Å²) >= 11 is 3.28. The SMILES string of the molecule is COc1cccc(N2CCN(c3nc(CSc4nc5ccccc5s4)cc(=O)[nH]3)CC2)c1. The van der Waals surface area contributed by atoms with Crippen LogP contribution in [-0.4, -0.2) is 48.2 Å². The first-order valence-corrected chi connectivity index (χ1v) is 12.2. The van der Waals surface area contributed by atoms with Gasteiger partial charge in [-0.25, -0.2) is 9.97 Å². The van der Waals surface area contributed by atoms with E-state index in [2.05, 4.69) is 38.0 Å². The molecule has 0 saturated carbocycles. The molecule has 3 heterocycles. The van der Waals surface area contributed by atoms with Crippen LogP contribution in [0.5, 0.6) is 5.75 Å². The molecule has 0 radical (unpaired) electrons. The number of methoxy groups -OCH3 is 1. The number of nitrogens with zero attached hydrogens (tertiary/aromatic N) is 4. The van der Waals surface area contributed by atoms with Crippen LogP contribution >= 0.6 is 23.1 Å². The standard InChI is InChI=1S/C23H23N5O2S2/c1-30-18-6-4-5-17(14-18)27-9-11-28(12-10-27)22-24-16(13-21(29)26-22)15-31-23-25-19-7-2-3-8-20(19)32-23/h2-8,13-14H,9-12,15H2,1H3,(H,24,26,29). The first kappa shape index (κ1) is 20.8. The number of thiazole rings is 1. The highest BCUT2D eigenvalue weighted by molar-refractivity contribution is 8.00. The number of piperazine rings is 1. The molecule has 0 bridgehead atoms. The van der Waals surface area contributed by atoms with Gasteiger partial charge in [0.25, 0.3) is 5.56 Å². The van der Waals surface area contributed by atoms with Gasteiger partial charge in [-0.3, -0.25) is 9.78 Å². The van der Waals surface area contributed by atoms with Crippen LogP contribution in [0.4, 0.5) is 11.6 Å². The number of nitrogens with one attached hydrogen (secondary N) is 1. The lowest BCUT2D eigenvalue weighted by atomic mass is 10.2. The fourth-order valence-electron chi connectivity index (χ4n) is 3.75. The molecule has 0 spiro atoms. The van der Waals surface area contributed by atoms with Crippen LogP contribution < -0.4 is 20.1 Å². The second-order valence-corrected chi connectivity index (χ2v) is 9.73. The van der Waals surface area contributed by atoms with Gasteiger partial charge in [-0.2, -0.15) is 0 Å². The van der Waals surface area contributed by atoms with Crippen LogP contribution in [0, 0.1) is 0 Å². The maximum atomic E-state index is 12.3. The normalized spacial score (nSPS) is 14.2. The molecule has 32 heavy (non-hydrogen) atoms. The summed E-state index contributed by atoms with van der Waals surface area (Å²) in [7, 11) is 1.68. The number of aromatic nitrogens is 3. The van der Waals surface area contributed by atoms with Gasteiger partial charge in [0.2, 0.25) is 5.95 Å². The van der Waals surface area contributed by atoms with E-state index >= 15 is 0 Å². The fourth-order valence-corrected chi connectivity index (χ4v) is 5.71. The van der Waals surface area contributed by atoms with Gasteiger partial charge in [0, 0.05) is 49.8 Å². The Morgan fingerprint density at radius 2 is 1.84 bits per heavy atom. The lowest BCUT2D eigenvalue weighted by Gasteiger charge is -2.36. The minimum absolute atomic E-state index is 0.120. The third-order valence-electron chi connectivity index (χ3n) is 5.40. The maximum absolute atomic E-state index is 12.3. The second kappa shape index (κ2) is 9.22. The smallest absolute Gasteiger partial charge is 0.252 e. The predicted octanol–water partition coefficient (Wildman–Crippen LogP) is 4.01. The zero-order valence-corrected chi connectivity index (χ0v) is 19.3. The predicted molar refractivity (Wildman–Crippen MR) is 131 cm³/mol. The molecule has 0 atom stereocenters. The summed E-state index contributed by atoms with van der Waals surface area (Å²) in [5.74, 6) is 2.11. The summed E-state index contributed by atoms with van der Waals surface area (Å²) in [5.41, 5.74) is 2.80. The molecule has 0 unspecified atom stereocenters. The second-order valence-electron chi connectivity index (χ2n) is 7.47. The summed E-state index contributed by atoms with van der Waals surface area (Å²) in [6.45, 7) is 3.27. The summed E-state index contributed by atoms with van der Waals surface area (Å²) in [6.07, 6.45) is 0. The van der Waals surface area contributed by atoms with Crippen molar-refractivity contribution in [2.75, 3.05) is 43.1 Å². The van der Waals surface area contributed by atoms with Gasteiger partial charge in [0.1, 0.15) is 5.75 Å². The van der Waals surface area contributed by atoms with Crippen LogP contribution in [0.15, 0.2) is 63.7 Å². The number of fused-ring (bicyclic) bond motifs is 1. The average molecular weight is 466 g/mol. The molecule has 1 N–H and O–H groups in total. The van der Waals surface area contributed by atoms with Crippen molar-refractivity contribution in [2.24, 2.45) is 0 Å². The van der Waals surface area contributed by atoms with Crippen LogP contribution in [0.25, 0.3) is 10.2 Å². The Balaban J connectivity index is 1.25. The largest absolute Gasteiger partial charge is 0.497 e. The van der Waals surface area contributed by atoms with Gasteiger partial charge in [-0.15, -0.1) is 11.3 Å². The van der Waals surface area contributed by atoms with E-state index in [-0.39, 0.29) is 5.56 Å². The lowest BCUT2D eigenvalue weighted by Crippen LogP contribution is -2.47. The van der Waals surface area contributed by atoms with Crippen LogP contribution in [0.2, 0.25) is 0 Å². The monoisotopic (exact) mass is 465 g/mol. The van der Waals surface area contributed by atoms with Gasteiger partial charge in [0.15, 0.2) is 4.34 Å². The van der Waals surface area contributed by atoms with Gasteiger partial charge < -0.3 is 14.5 Å². The minimum atomic E-state index is -0.120. The first-order chi connectivity index (χ1) is 15.7. The lowest BCUT2D eigenvalue weighted by molar-refractivity contribution is 0.414. The number of thioether (sulfide) groups is 1. The quantitative estimate of drug-likeness (QED) is 0.431. The van der Waals surface area contributed by atoms with Gasteiger partial charge >= 0.3 is 0 Å². The minimum Gasteiger partial charge on any atom is -0.497 e. The molecule has 7 nitrogen and oxygen atoms in total. The number of H-pyrrole nitrogens is 1. The number of anilines is 2. The molecule has 9 heteroatoms. The Hall–Kier alpha value is -3.04. The summed E-state index contributed by atoms with van der Waals surface area (Å²) in [4.78, 5) is 29.1. The third kappa shape index (κ3) is 4.58. The van der Waals surface area contributed by atoms with Crippen molar-refractivity contribution in [1.29, 1.82) is 0 Å². The van der Waals surface area contributed by atoms with Gasteiger partial charge in [0.05, 0.1) is 23.0 Å². The van der Waals surface area contributed by atoms with E-state index in [9.17, 15) is 4.79 Å². The Morgan fingerprint density at radius 1 is 1.03 bits per heavy atom. The van der Waals surface area contributed by atoms with Crippen molar-refractivity contribution in [2.45, 2.75) is 10.1 Å². The van der Waals surface area contributed by atoms with Crippen molar-refractivity contribution < 1.29 is 4.74 Å². The summed E-state index contributed by atoms with van der Waals surface area (Å²) < 4.78 is 7.50. The number of rotatable bonds is 6.